The first kappa shape index (κ1) is 4.28. The number of anilines is 1. The van der Waals surface area contributed by atoms with Gasteiger partial charge in [0.05, 0.1) is 14.6 Å². The van der Waals surface area contributed by atoms with Crippen LogP contribution >= 0.6 is 15.9 Å². The van der Waals surface area contributed by atoms with Crippen molar-refractivity contribution in [3.63, 3.8) is 0 Å². The molecular formula is C6H7BrN2. The number of nitrogens with two attached hydrogens (primary N) is 1. The van der Waals surface area contributed by atoms with Gasteiger partial charge in [0, 0.05) is 0 Å². The lowest BCUT2D eigenvalue weighted by Gasteiger charge is -1.96. The maximum Gasteiger partial charge on any atom is 0.106 e. The van der Waals surface area contributed by atoms with Crippen LogP contribution in [-0.4, -0.2) is 4.98 Å². The van der Waals surface area contributed by atoms with Crippen molar-refractivity contribution in [2.24, 2.45) is 0 Å². The Labute approximate surface area is 65.0 Å². The van der Waals surface area contributed by atoms with Crippen molar-refractivity contribution in [1.29, 1.82) is 0 Å². The molecule has 0 atom stereocenters. The second-order valence-corrected chi connectivity index (χ2v) is 2.43. The molecule has 2 nitrogen and oxygen atoms in total. The Morgan fingerprint density at radius 1 is 1.89 bits per heavy atom. The van der Waals surface area contributed by atoms with Gasteiger partial charge in [-0.05, 0) is 34.5 Å². The van der Waals surface area contributed by atoms with E-state index < -0.39 is 0 Å². The summed E-state index contributed by atoms with van der Waals surface area (Å²) in [5, 5.41) is 0. The van der Waals surface area contributed by atoms with E-state index in [0.29, 0.717) is 10.2 Å². The number of rotatable bonds is 0. The molecule has 3 heteroatoms. The van der Waals surface area contributed by atoms with Crippen LogP contribution in [0.3, 0.4) is 0 Å². The number of nitrogen functional groups attached to an aromatic ring is 1. The Balaban J connectivity index is 3.46. The maximum absolute atomic E-state index is 7.41. The van der Waals surface area contributed by atoms with Crippen LogP contribution in [0.4, 0.5) is 5.69 Å². The Morgan fingerprint density at radius 3 is 3.22 bits per heavy atom. The zero-order valence-corrected chi connectivity index (χ0v) is 6.49. The van der Waals surface area contributed by atoms with Crippen LogP contribution in [0.2, 0.25) is 0 Å². The van der Waals surface area contributed by atoms with Crippen LogP contribution < -0.4 is 5.73 Å². The van der Waals surface area contributed by atoms with Crippen LogP contribution in [0.15, 0.2) is 16.8 Å². The molecule has 0 spiro atoms. The molecule has 1 heterocycles. The zero-order valence-electron chi connectivity index (χ0n) is 6.90. The number of pyridine rings is 1. The summed E-state index contributed by atoms with van der Waals surface area (Å²) in [7, 11) is 0. The molecule has 2 N–H and O–H groups in total. The Morgan fingerprint density at radius 2 is 2.56 bits per heavy atom. The van der Waals surface area contributed by atoms with Crippen molar-refractivity contribution in [3.05, 3.63) is 22.4 Å². The molecule has 0 saturated heterocycles. The largest absolute Gasteiger partial charge is 0.397 e. The average Bonchev–Trinajstić information content (AvgIpc) is 1.97. The summed E-state index contributed by atoms with van der Waals surface area (Å²) in [4.78, 5) is 3.70. The Bertz CT molecular complexity index is 275. The van der Waals surface area contributed by atoms with Crippen LogP contribution in [0, 0.1) is 6.92 Å². The van der Waals surface area contributed by atoms with Crippen molar-refractivity contribution in [2.75, 3.05) is 5.73 Å². The monoisotopic (exact) mass is 188 g/mol. The molecule has 9 heavy (non-hydrogen) atoms. The van der Waals surface area contributed by atoms with Crippen molar-refractivity contribution in [3.8, 4) is 0 Å². The highest BCUT2D eigenvalue weighted by atomic mass is 79.9. The number of aromatic nitrogens is 1. The third-order valence-electron chi connectivity index (χ3n) is 0.969. The molecule has 0 radical (unpaired) electrons. The maximum atomic E-state index is 7.41. The van der Waals surface area contributed by atoms with Gasteiger partial charge in [-0.25, -0.2) is 4.98 Å². The van der Waals surface area contributed by atoms with Crippen molar-refractivity contribution >= 4 is 21.6 Å². The van der Waals surface area contributed by atoms with Gasteiger partial charge in [0.15, 0.2) is 0 Å². The summed E-state index contributed by atoms with van der Waals surface area (Å²) in [5.41, 5.74) is 6.33. The molecule has 0 aliphatic carbocycles. The molecule has 0 aliphatic rings. The molecule has 1 rings (SSSR count). The molecule has 0 aromatic carbocycles. The number of halogens is 1. The summed E-state index contributed by atoms with van der Waals surface area (Å²) >= 11 is 3.06. The van der Waals surface area contributed by atoms with Crippen LogP contribution in [0.25, 0.3) is 0 Å². The molecule has 1 aromatic rings. The highest BCUT2D eigenvalue weighted by molar-refractivity contribution is 9.10. The first-order valence-corrected chi connectivity index (χ1v) is 3.22. The van der Waals surface area contributed by atoms with Gasteiger partial charge < -0.3 is 5.73 Å². The second-order valence-electron chi connectivity index (χ2n) is 1.68. The van der Waals surface area contributed by atoms with E-state index in [-0.39, 0.29) is 17.9 Å². The second kappa shape index (κ2) is 2.35. The van der Waals surface area contributed by atoms with Crippen LogP contribution in [-0.2, 0) is 0 Å². The molecule has 0 aliphatic heterocycles. The molecule has 0 saturated carbocycles. The van der Waals surface area contributed by atoms with E-state index in [4.69, 9.17) is 8.48 Å². The van der Waals surface area contributed by atoms with E-state index in [9.17, 15) is 0 Å². The number of hydrogen-bond acceptors (Lipinski definition) is 2. The summed E-state index contributed by atoms with van der Waals surface area (Å²) in [6, 6.07) is 0.249. The van der Waals surface area contributed by atoms with E-state index in [0.717, 1.165) is 0 Å². The molecule has 0 unspecified atom stereocenters. The van der Waals surface area contributed by atoms with Gasteiger partial charge in [0.1, 0.15) is 4.60 Å². The third kappa shape index (κ3) is 1.42. The molecule has 0 bridgehead atoms. The van der Waals surface area contributed by atoms with Crippen LogP contribution in [0.1, 0.15) is 8.30 Å². The average molecular weight is 189 g/mol. The standard InChI is InChI=1S/C6H7BrN2/c1-4-2-6(7)9-3-5(4)8/h2-3H,8H2,1H3/i2D,3D. The minimum Gasteiger partial charge on any atom is -0.397 e. The van der Waals surface area contributed by atoms with Gasteiger partial charge in [0.25, 0.3) is 0 Å². The minimum atomic E-state index is 0.0189. The Kier molecular flexibility index (Phi) is 1.12. The van der Waals surface area contributed by atoms with Gasteiger partial charge >= 0.3 is 0 Å². The summed E-state index contributed by atoms with van der Waals surface area (Å²) in [6.07, 6.45) is 0.0189. The molecular weight excluding hydrogens is 180 g/mol. The lowest BCUT2D eigenvalue weighted by molar-refractivity contribution is 1.25. The van der Waals surface area contributed by atoms with Gasteiger partial charge in [-0.3, -0.25) is 0 Å². The summed E-state index contributed by atoms with van der Waals surface area (Å²) in [6.45, 7) is 1.70. The lowest BCUT2D eigenvalue weighted by atomic mass is 10.3. The predicted octanol–water partition coefficient (Wildman–Crippen LogP) is 1.73. The first-order valence-electron chi connectivity index (χ1n) is 3.42. The normalized spacial score (nSPS) is 12.7. The smallest absolute Gasteiger partial charge is 0.106 e. The molecule has 48 valence electrons. The fourth-order valence-corrected chi connectivity index (χ4v) is 0.829. The molecule has 0 fully saturated rings. The SMILES string of the molecule is [2H]c1nc(Br)c([2H])c(C)c1N. The van der Waals surface area contributed by atoms with Gasteiger partial charge in [-0.15, -0.1) is 0 Å². The topological polar surface area (TPSA) is 38.9 Å². The third-order valence-corrected chi connectivity index (χ3v) is 1.34. The van der Waals surface area contributed by atoms with Crippen molar-refractivity contribution in [2.45, 2.75) is 6.92 Å². The van der Waals surface area contributed by atoms with E-state index in [2.05, 4.69) is 20.9 Å². The minimum absolute atomic E-state index is 0.0189. The fourth-order valence-electron chi connectivity index (χ4n) is 0.443. The number of nitrogens with zero attached hydrogens (tertiary/aromatic N) is 1. The van der Waals surface area contributed by atoms with Gasteiger partial charge in [0.2, 0.25) is 0 Å². The highest BCUT2D eigenvalue weighted by Crippen LogP contribution is 2.12. The first-order chi connectivity index (χ1) is 5.04. The van der Waals surface area contributed by atoms with Crippen LogP contribution in [0.5, 0.6) is 0 Å². The fraction of sp³-hybridized carbons (Fsp3) is 0.167. The molecule has 0 amide bonds. The van der Waals surface area contributed by atoms with Gasteiger partial charge in [-0.2, -0.15) is 0 Å². The predicted molar refractivity (Wildman–Crippen MR) is 41.1 cm³/mol. The van der Waals surface area contributed by atoms with Gasteiger partial charge in [-0.1, -0.05) is 0 Å². The quantitative estimate of drug-likeness (QED) is 0.631. The summed E-state index contributed by atoms with van der Waals surface area (Å²) in [5.74, 6) is 0. The van der Waals surface area contributed by atoms with Crippen molar-refractivity contribution in [1.82, 2.24) is 4.98 Å². The highest BCUT2D eigenvalue weighted by Gasteiger charge is 1.92. The molecule has 1 aromatic heterocycles. The van der Waals surface area contributed by atoms with E-state index >= 15 is 0 Å². The lowest BCUT2D eigenvalue weighted by Crippen LogP contribution is -1.89. The summed E-state index contributed by atoms with van der Waals surface area (Å²) < 4.78 is 15.0. The van der Waals surface area contributed by atoms with E-state index in [1.165, 1.54) is 0 Å². The van der Waals surface area contributed by atoms with E-state index in [1.807, 2.05) is 0 Å². The van der Waals surface area contributed by atoms with E-state index in [1.54, 1.807) is 6.92 Å². The zero-order chi connectivity index (χ0) is 8.59. The van der Waals surface area contributed by atoms with Crippen molar-refractivity contribution < 1.29 is 2.74 Å². The number of hydrogen-bond donors (Lipinski definition) is 1. The Hall–Kier alpha value is -0.570.